The van der Waals surface area contributed by atoms with Crippen LogP contribution in [0.15, 0.2) is 18.2 Å². The minimum absolute atomic E-state index is 0.0807. The Morgan fingerprint density at radius 3 is 2.72 bits per heavy atom. The third-order valence-corrected chi connectivity index (χ3v) is 3.19. The van der Waals surface area contributed by atoms with Crippen molar-refractivity contribution in [2.75, 3.05) is 32.7 Å². The third kappa shape index (κ3) is 2.66. The summed E-state index contributed by atoms with van der Waals surface area (Å²) in [6.45, 7) is 6.40. The highest BCUT2D eigenvalue weighted by Crippen LogP contribution is 2.07. The molecule has 0 bridgehead atoms. The van der Waals surface area contributed by atoms with E-state index in [1.165, 1.54) is 0 Å². The molecule has 1 aromatic rings. The lowest BCUT2D eigenvalue weighted by molar-refractivity contribution is 0.0637. The molecule has 94 valence electrons. The number of carbonyl (C=O) groups is 1. The lowest BCUT2D eigenvalue weighted by atomic mass is 10.2. The maximum atomic E-state index is 12.2. The van der Waals surface area contributed by atoms with E-state index >= 15 is 0 Å². The van der Waals surface area contributed by atoms with Crippen LogP contribution in [-0.2, 0) is 0 Å². The van der Waals surface area contributed by atoms with Gasteiger partial charge in [-0.3, -0.25) is 4.79 Å². The van der Waals surface area contributed by atoms with Crippen molar-refractivity contribution in [1.82, 2.24) is 14.8 Å². The quantitative estimate of drug-likeness (QED) is 0.769. The minimum Gasteiger partial charge on any atom is -0.335 e. The molecule has 18 heavy (non-hydrogen) atoms. The number of pyridine rings is 1. The molecule has 0 aliphatic carbocycles. The zero-order valence-corrected chi connectivity index (χ0v) is 10.5. The first-order valence-corrected chi connectivity index (χ1v) is 6.13. The molecule has 2 rings (SSSR count). The van der Waals surface area contributed by atoms with Crippen molar-refractivity contribution in [1.29, 1.82) is 5.26 Å². The number of amides is 1. The van der Waals surface area contributed by atoms with Crippen molar-refractivity contribution in [2.24, 2.45) is 0 Å². The smallest absolute Gasteiger partial charge is 0.272 e. The fourth-order valence-electron chi connectivity index (χ4n) is 2.05. The van der Waals surface area contributed by atoms with Crippen LogP contribution in [0.25, 0.3) is 0 Å². The SMILES string of the molecule is CCN1CCN(C(=O)c2cccc(C#N)n2)CC1. The number of nitrogens with zero attached hydrogens (tertiary/aromatic N) is 4. The summed E-state index contributed by atoms with van der Waals surface area (Å²) in [4.78, 5) is 20.3. The topological polar surface area (TPSA) is 60.2 Å². The number of piperazine rings is 1. The number of hydrogen-bond acceptors (Lipinski definition) is 4. The molecule has 0 saturated carbocycles. The maximum absolute atomic E-state index is 12.2. The number of carbonyl (C=O) groups excluding carboxylic acids is 1. The summed E-state index contributed by atoms with van der Waals surface area (Å²) in [7, 11) is 0. The van der Waals surface area contributed by atoms with Gasteiger partial charge in [0.1, 0.15) is 17.5 Å². The van der Waals surface area contributed by atoms with Crippen LogP contribution >= 0.6 is 0 Å². The zero-order chi connectivity index (χ0) is 13.0. The lowest BCUT2D eigenvalue weighted by Gasteiger charge is -2.33. The summed E-state index contributed by atoms with van der Waals surface area (Å²) in [5.41, 5.74) is 0.645. The van der Waals surface area contributed by atoms with Crippen LogP contribution in [0.3, 0.4) is 0 Å². The maximum Gasteiger partial charge on any atom is 0.272 e. The number of likely N-dealkylation sites (N-methyl/N-ethyl adjacent to an activating group) is 1. The zero-order valence-electron chi connectivity index (χ0n) is 10.5. The van der Waals surface area contributed by atoms with Gasteiger partial charge in [-0.2, -0.15) is 5.26 Å². The Morgan fingerprint density at radius 2 is 2.11 bits per heavy atom. The first-order valence-electron chi connectivity index (χ1n) is 6.13. The van der Waals surface area contributed by atoms with Crippen molar-refractivity contribution >= 4 is 5.91 Å². The molecule has 1 amide bonds. The molecule has 5 nitrogen and oxygen atoms in total. The molecule has 2 heterocycles. The van der Waals surface area contributed by atoms with Crippen LogP contribution in [0.4, 0.5) is 0 Å². The predicted molar refractivity (Wildman–Crippen MR) is 67.0 cm³/mol. The number of aromatic nitrogens is 1. The van der Waals surface area contributed by atoms with Gasteiger partial charge in [-0.1, -0.05) is 13.0 Å². The molecule has 0 atom stereocenters. The fraction of sp³-hybridized carbons (Fsp3) is 0.462. The second-order valence-electron chi connectivity index (χ2n) is 4.25. The lowest BCUT2D eigenvalue weighted by Crippen LogP contribution is -2.48. The van der Waals surface area contributed by atoms with E-state index in [2.05, 4.69) is 16.8 Å². The molecular weight excluding hydrogens is 228 g/mol. The van der Waals surface area contributed by atoms with Crippen LogP contribution in [0.2, 0.25) is 0 Å². The Morgan fingerprint density at radius 1 is 1.39 bits per heavy atom. The van der Waals surface area contributed by atoms with Crippen molar-refractivity contribution in [2.45, 2.75) is 6.92 Å². The highest BCUT2D eigenvalue weighted by molar-refractivity contribution is 5.92. The van der Waals surface area contributed by atoms with Gasteiger partial charge >= 0.3 is 0 Å². The summed E-state index contributed by atoms with van der Waals surface area (Å²) >= 11 is 0. The summed E-state index contributed by atoms with van der Waals surface area (Å²) in [6.07, 6.45) is 0. The molecule has 0 spiro atoms. The Bertz CT molecular complexity index is 472. The van der Waals surface area contributed by atoms with E-state index in [0.29, 0.717) is 5.69 Å². The molecule has 1 aromatic heterocycles. The third-order valence-electron chi connectivity index (χ3n) is 3.19. The molecule has 0 N–H and O–H groups in total. The molecule has 1 aliphatic rings. The normalized spacial score (nSPS) is 16.3. The Labute approximate surface area is 107 Å². The van der Waals surface area contributed by atoms with E-state index in [-0.39, 0.29) is 11.6 Å². The largest absolute Gasteiger partial charge is 0.335 e. The first kappa shape index (κ1) is 12.5. The standard InChI is InChI=1S/C13H16N4O/c1-2-16-6-8-17(9-7-16)13(18)12-5-3-4-11(10-14)15-12/h3-5H,2,6-9H2,1H3. The Kier molecular flexibility index (Phi) is 3.90. The summed E-state index contributed by atoms with van der Waals surface area (Å²) in [6, 6.07) is 6.91. The van der Waals surface area contributed by atoms with Gasteiger partial charge in [0, 0.05) is 26.2 Å². The van der Waals surface area contributed by atoms with Crippen molar-refractivity contribution < 1.29 is 4.79 Å². The second-order valence-corrected chi connectivity index (χ2v) is 4.25. The van der Waals surface area contributed by atoms with Gasteiger partial charge in [-0.05, 0) is 18.7 Å². The van der Waals surface area contributed by atoms with Gasteiger partial charge < -0.3 is 9.80 Å². The van der Waals surface area contributed by atoms with Crippen molar-refractivity contribution in [3.63, 3.8) is 0 Å². The molecule has 5 heteroatoms. The van der Waals surface area contributed by atoms with Crippen molar-refractivity contribution in [3.8, 4) is 6.07 Å². The van der Waals surface area contributed by atoms with Crippen molar-refractivity contribution in [3.05, 3.63) is 29.6 Å². The monoisotopic (exact) mass is 244 g/mol. The van der Waals surface area contributed by atoms with E-state index in [1.54, 1.807) is 23.1 Å². The van der Waals surface area contributed by atoms with Gasteiger partial charge in [-0.15, -0.1) is 0 Å². The van der Waals surface area contributed by atoms with Crippen LogP contribution in [0.5, 0.6) is 0 Å². The summed E-state index contributed by atoms with van der Waals surface area (Å²) < 4.78 is 0. The highest BCUT2D eigenvalue weighted by atomic mass is 16.2. The van der Waals surface area contributed by atoms with E-state index in [4.69, 9.17) is 5.26 Å². The second kappa shape index (κ2) is 5.61. The van der Waals surface area contributed by atoms with E-state index in [9.17, 15) is 4.79 Å². The average Bonchev–Trinajstić information content (AvgIpc) is 2.46. The number of nitriles is 1. The fourth-order valence-corrected chi connectivity index (χ4v) is 2.05. The predicted octanol–water partition coefficient (Wildman–Crippen LogP) is 0.731. The van der Waals surface area contributed by atoms with Gasteiger partial charge in [0.05, 0.1) is 0 Å². The Hall–Kier alpha value is -1.93. The minimum atomic E-state index is -0.0807. The average molecular weight is 244 g/mol. The molecule has 1 aliphatic heterocycles. The van der Waals surface area contributed by atoms with Crippen LogP contribution in [0, 0.1) is 11.3 Å². The van der Waals surface area contributed by atoms with Crippen LogP contribution in [-0.4, -0.2) is 53.4 Å². The van der Waals surface area contributed by atoms with Gasteiger partial charge in [-0.25, -0.2) is 4.98 Å². The van der Waals surface area contributed by atoms with Gasteiger partial charge in [0.15, 0.2) is 0 Å². The van der Waals surface area contributed by atoms with Gasteiger partial charge in [0.25, 0.3) is 5.91 Å². The van der Waals surface area contributed by atoms with E-state index in [0.717, 1.165) is 32.7 Å². The number of hydrogen-bond donors (Lipinski definition) is 0. The molecule has 1 fully saturated rings. The molecule has 1 saturated heterocycles. The van der Waals surface area contributed by atoms with E-state index in [1.807, 2.05) is 6.07 Å². The van der Waals surface area contributed by atoms with Crippen LogP contribution < -0.4 is 0 Å². The molecule has 0 unspecified atom stereocenters. The molecule has 0 radical (unpaired) electrons. The highest BCUT2D eigenvalue weighted by Gasteiger charge is 2.22. The summed E-state index contributed by atoms with van der Waals surface area (Å²) in [5.74, 6) is -0.0807. The van der Waals surface area contributed by atoms with Gasteiger partial charge in [0.2, 0.25) is 0 Å². The summed E-state index contributed by atoms with van der Waals surface area (Å²) in [5, 5.41) is 8.78. The van der Waals surface area contributed by atoms with Crippen LogP contribution in [0.1, 0.15) is 23.1 Å². The Balaban J connectivity index is 2.06. The first-order chi connectivity index (χ1) is 8.74. The number of rotatable bonds is 2. The molecular formula is C13H16N4O. The van der Waals surface area contributed by atoms with E-state index < -0.39 is 0 Å². The molecule has 0 aromatic carbocycles.